The zero-order valence-corrected chi connectivity index (χ0v) is 12.6. The van der Waals surface area contributed by atoms with E-state index in [-0.39, 0.29) is 29.1 Å². The van der Waals surface area contributed by atoms with E-state index in [2.05, 4.69) is 6.58 Å². The van der Waals surface area contributed by atoms with Crippen molar-refractivity contribution in [2.24, 2.45) is 11.8 Å². The Morgan fingerprint density at radius 1 is 1.30 bits per heavy atom. The molecular formula is C15H19NO3S. The first-order valence-corrected chi connectivity index (χ1v) is 8.00. The molecule has 0 bridgehead atoms. The van der Waals surface area contributed by atoms with Gasteiger partial charge in [-0.1, -0.05) is 23.8 Å². The van der Waals surface area contributed by atoms with Crippen LogP contribution in [0.2, 0.25) is 0 Å². The van der Waals surface area contributed by atoms with Crippen molar-refractivity contribution in [2.45, 2.75) is 18.7 Å². The van der Waals surface area contributed by atoms with Gasteiger partial charge in [-0.3, -0.25) is 4.79 Å². The predicted octanol–water partition coefficient (Wildman–Crippen LogP) is 2.01. The van der Waals surface area contributed by atoms with Gasteiger partial charge in [0.1, 0.15) is 5.78 Å². The van der Waals surface area contributed by atoms with Crippen LogP contribution in [0.25, 0.3) is 0 Å². The quantitative estimate of drug-likeness (QED) is 0.798. The Morgan fingerprint density at radius 3 is 2.35 bits per heavy atom. The van der Waals surface area contributed by atoms with E-state index in [9.17, 15) is 13.2 Å². The van der Waals surface area contributed by atoms with Crippen molar-refractivity contribution in [2.75, 3.05) is 13.1 Å². The molecule has 1 saturated heterocycles. The maximum atomic E-state index is 12.6. The standard InChI is InChI=1S/C15H19NO3S/c1-4-13-9-16(10-15(13)12(3)17)20(18,19)14-7-5-11(2)6-8-14/h4-8,13,15H,1,9-10H2,2-3H3/t13-,15+/m1/s1. The van der Waals surface area contributed by atoms with Crippen LogP contribution in [0.15, 0.2) is 41.8 Å². The third-order valence-electron chi connectivity index (χ3n) is 3.82. The Labute approximate surface area is 120 Å². The van der Waals surface area contributed by atoms with Crippen molar-refractivity contribution >= 4 is 15.8 Å². The first kappa shape index (κ1) is 14.9. The maximum absolute atomic E-state index is 12.6. The first-order valence-electron chi connectivity index (χ1n) is 6.56. The number of carbonyl (C=O) groups excluding carboxylic acids is 1. The van der Waals surface area contributed by atoms with Crippen molar-refractivity contribution in [3.8, 4) is 0 Å². The number of sulfonamides is 1. The van der Waals surface area contributed by atoms with Crippen molar-refractivity contribution in [1.29, 1.82) is 0 Å². The van der Waals surface area contributed by atoms with E-state index >= 15 is 0 Å². The molecule has 108 valence electrons. The second kappa shape index (κ2) is 5.50. The molecule has 5 heteroatoms. The zero-order valence-electron chi connectivity index (χ0n) is 11.7. The fourth-order valence-corrected chi connectivity index (χ4v) is 4.02. The molecule has 1 aliphatic rings. The summed E-state index contributed by atoms with van der Waals surface area (Å²) in [6.07, 6.45) is 1.68. The molecule has 0 spiro atoms. The molecule has 0 aromatic heterocycles. The number of carbonyl (C=O) groups is 1. The number of nitrogens with zero attached hydrogens (tertiary/aromatic N) is 1. The molecule has 0 unspecified atom stereocenters. The number of rotatable bonds is 4. The molecule has 0 radical (unpaired) electrons. The molecule has 0 amide bonds. The van der Waals surface area contributed by atoms with Crippen LogP contribution in [0.1, 0.15) is 12.5 Å². The molecular weight excluding hydrogens is 274 g/mol. The minimum Gasteiger partial charge on any atom is -0.300 e. The molecule has 1 aromatic rings. The zero-order chi connectivity index (χ0) is 14.9. The summed E-state index contributed by atoms with van der Waals surface area (Å²) in [5.74, 6) is -0.378. The third kappa shape index (κ3) is 2.69. The lowest BCUT2D eigenvalue weighted by Gasteiger charge is -2.16. The molecule has 2 rings (SSSR count). The second-order valence-corrected chi connectivity index (χ2v) is 7.19. The number of benzene rings is 1. The fourth-order valence-electron chi connectivity index (χ4n) is 2.52. The minimum atomic E-state index is -3.53. The van der Waals surface area contributed by atoms with E-state index in [4.69, 9.17) is 0 Å². The highest BCUT2D eigenvalue weighted by atomic mass is 32.2. The summed E-state index contributed by atoms with van der Waals surface area (Å²) in [5.41, 5.74) is 1.01. The largest absolute Gasteiger partial charge is 0.300 e. The number of hydrogen-bond donors (Lipinski definition) is 0. The Bertz CT molecular complexity index is 619. The van der Waals surface area contributed by atoms with E-state index < -0.39 is 10.0 Å². The Hall–Kier alpha value is -1.46. The minimum absolute atomic E-state index is 0.0107. The molecule has 1 aromatic carbocycles. The van der Waals surface area contributed by atoms with Gasteiger partial charge >= 0.3 is 0 Å². The molecule has 1 heterocycles. The van der Waals surface area contributed by atoms with E-state index in [0.29, 0.717) is 6.54 Å². The SMILES string of the molecule is C=C[C@@H]1CN(S(=O)(=O)c2ccc(C)cc2)C[C@H]1C(C)=O. The first-order chi connectivity index (χ1) is 9.36. The normalized spacial score (nSPS) is 23.7. The smallest absolute Gasteiger partial charge is 0.243 e. The predicted molar refractivity (Wildman–Crippen MR) is 77.8 cm³/mol. The average molecular weight is 293 g/mol. The highest BCUT2D eigenvalue weighted by Crippen LogP contribution is 2.30. The van der Waals surface area contributed by atoms with Gasteiger partial charge in [0.2, 0.25) is 10.0 Å². The van der Waals surface area contributed by atoms with Crippen molar-refractivity contribution in [3.05, 3.63) is 42.5 Å². The van der Waals surface area contributed by atoms with E-state index in [1.165, 1.54) is 11.2 Å². The van der Waals surface area contributed by atoms with Crippen LogP contribution in [-0.2, 0) is 14.8 Å². The summed E-state index contributed by atoms with van der Waals surface area (Å²) in [4.78, 5) is 11.9. The summed E-state index contributed by atoms with van der Waals surface area (Å²) >= 11 is 0. The molecule has 20 heavy (non-hydrogen) atoms. The van der Waals surface area contributed by atoms with Crippen LogP contribution in [-0.4, -0.2) is 31.6 Å². The molecule has 0 aliphatic carbocycles. The van der Waals surface area contributed by atoms with Crippen LogP contribution < -0.4 is 0 Å². The van der Waals surface area contributed by atoms with Gasteiger partial charge in [-0.25, -0.2) is 8.42 Å². The monoisotopic (exact) mass is 293 g/mol. The molecule has 2 atom stereocenters. The van der Waals surface area contributed by atoms with E-state index in [1.54, 1.807) is 30.3 Å². The van der Waals surface area contributed by atoms with Crippen LogP contribution >= 0.6 is 0 Å². The highest BCUT2D eigenvalue weighted by molar-refractivity contribution is 7.89. The van der Waals surface area contributed by atoms with Gasteiger partial charge in [0.15, 0.2) is 0 Å². The lowest BCUT2D eigenvalue weighted by molar-refractivity contribution is -0.120. The molecule has 1 aliphatic heterocycles. The summed E-state index contributed by atoms with van der Waals surface area (Å²) in [5, 5.41) is 0. The lowest BCUT2D eigenvalue weighted by atomic mass is 9.93. The van der Waals surface area contributed by atoms with Gasteiger partial charge in [-0.2, -0.15) is 4.31 Å². The fraction of sp³-hybridized carbons (Fsp3) is 0.400. The molecule has 0 N–H and O–H groups in total. The number of aryl methyl sites for hydroxylation is 1. The number of hydrogen-bond acceptors (Lipinski definition) is 3. The molecule has 0 saturated carbocycles. The molecule has 4 nitrogen and oxygen atoms in total. The van der Waals surface area contributed by atoms with Gasteiger partial charge in [-0.05, 0) is 26.0 Å². The van der Waals surface area contributed by atoms with Crippen molar-refractivity contribution in [3.63, 3.8) is 0 Å². The van der Waals surface area contributed by atoms with Crippen molar-refractivity contribution in [1.82, 2.24) is 4.31 Å². The maximum Gasteiger partial charge on any atom is 0.243 e. The number of ketones is 1. The van der Waals surface area contributed by atoms with Gasteiger partial charge in [0.05, 0.1) is 4.90 Å². The summed E-state index contributed by atoms with van der Waals surface area (Å²) < 4.78 is 26.5. The summed E-state index contributed by atoms with van der Waals surface area (Å²) in [6.45, 7) is 7.68. The van der Waals surface area contributed by atoms with E-state index in [1.807, 2.05) is 6.92 Å². The van der Waals surface area contributed by atoms with E-state index in [0.717, 1.165) is 5.56 Å². The Balaban J connectivity index is 2.30. The van der Waals surface area contributed by atoms with Crippen LogP contribution in [0.5, 0.6) is 0 Å². The van der Waals surface area contributed by atoms with Crippen molar-refractivity contribution < 1.29 is 13.2 Å². The third-order valence-corrected chi connectivity index (χ3v) is 5.66. The molecule has 1 fully saturated rings. The summed E-state index contributed by atoms with van der Waals surface area (Å²) in [7, 11) is -3.53. The Kier molecular flexibility index (Phi) is 4.11. The number of Topliss-reactive ketones (excluding diaryl/α,β-unsaturated/α-hetero) is 1. The second-order valence-electron chi connectivity index (χ2n) is 5.25. The van der Waals surface area contributed by atoms with Crippen LogP contribution in [0.3, 0.4) is 0 Å². The van der Waals surface area contributed by atoms with Gasteiger partial charge in [-0.15, -0.1) is 6.58 Å². The lowest BCUT2D eigenvalue weighted by Crippen LogP contribution is -2.29. The van der Waals surface area contributed by atoms with Gasteiger partial charge < -0.3 is 0 Å². The van der Waals surface area contributed by atoms with Gasteiger partial charge in [0, 0.05) is 24.9 Å². The van der Waals surface area contributed by atoms with Gasteiger partial charge in [0.25, 0.3) is 0 Å². The highest BCUT2D eigenvalue weighted by Gasteiger charge is 2.39. The van der Waals surface area contributed by atoms with Crippen LogP contribution in [0.4, 0.5) is 0 Å². The average Bonchev–Trinajstić information content (AvgIpc) is 2.84. The van der Waals surface area contributed by atoms with Crippen LogP contribution in [0, 0.1) is 18.8 Å². The summed E-state index contributed by atoms with van der Waals surface area (Å²) in [6, 6.07) is 6.76. The Morgan fingerprint density at radius 2 is 1.90 bits per heavy atom. The topological polar surface area (TPSA) is 54.5 Å².